The number of thioether (sulfide) groups is 1. The third-order valence-corrected chi connectivity index (χ3v) is 5.94. The molecule has 0 radical (unpaired) electrons. The van der Waals surface area contributed by atoms with E-state index in [1.165, 1.54) is 25.3 Å². The molecule has 0 bridgehead atoms. The van der Waals surface area contributed by atoms with Crippen molar-refractivity contribution in [2.24, 2.45) is 0 Å². The molecule has 2 aromatic carbocycles. The summed E-state index contributed by atoms with van der Waals surface area (Å²) in [4.78, 5) is 42.2. The summed E-state index contributed by atoms with van der Waals surface area (Å²) in [6.07, 6.45) is 0.354. The number of esters is 1. The van der Waals surface area contributed by atoms with Crippen LogP contribution in [0, 0.1) is 22.7 Å². The summed E-state index contributed by atoms with van der Waals surface area (Å²) >= 11 is 1.06. The van der Waals surface area contributed by atoms with Crippen LogP contribution in [0.25, 0.3) is 0 Å². The Bertz CT molecular complexity index is 1380. The number of rotatable bonds is 8. The number of hydrogen-bond donors (Lipinski definition) is 2. The highest BCUT2D eigenvalue weighted by Gasteiger charge is 2.24. The lowest BCUT2D eigenvalue weighted by Gasteiger charge is -2.16. The van der Waals surface area contributed by atoms with Crippen LogP contribution in [0.5, 0.6) is 0 Å². The Kier molecular flexibility index (Phi) is 8.76. The van der Waals surface area contributed by atoms with Gasteiger partial charge >= 0.3 is 5.97 Å². The first-order chi connectivity index (χ1) is 17.3. The maximum Gasteiger partial charge on any atom is 0.341 e. The summed E-state index contributed by atoms with van der Waals surface area (Å²) < 4.78 is 5.33. The van der Waals surface area contributed by atoms with Crippen molar-refractivity contribution in [1.29, 1.82) is 10.5 Å². The molecule has 1 aromatic heterocycles. The lowest BCUT2D eigenvalue weighted by Crippen LogP contribution is -2.30. The molecule has 36 heavy (non-hydrogen) atoms. The molecule has 0 aliphatic rings. The number of carbonyl (C=O) groups is 3. The second-order valence-electron chi connectivity index (χ2n) is 7.53. The highest BCUT2D eigenvalue weighted by atomic mass is 32.2. The lowest BCUT2D eigenvalue weighted by atomic mass is 10.2. The molecule has 0 fully saturated rings. The van der Waals surface area contributed by atoms with Crippen LogP contribution in [0.1, 0.15) is 35.3 Å². The Hall–Kier alpha value is -4.67. The number of pyridine rings is 1. The monoisotopic (exact) mass is 499 g/mol. The number of aromatic nitrogens is 1. The lowest BCUT2D eigenvalue weighted by molar-refractivity contribution is -0.123. The number of amides is 2. The Morgan fingerprint density at radius 2 is 1.47 bits per heavy atom. The molecular weight excluding hydrogens is 478 g/mol. The zero-order chi connectivity index (χ0) is 26.1. The first kappa shape index (κ1) is 25.9. The molecule has 0 spiro atoms. The van der Waals surface area contributed by atoms with Crippen LogP contribution in [-0.2, 0) is 14.3 Å². The molecule has 9 nitrogen and oxygen atoms in total. The Morgan fingerprint density at radius 3 is 2.06 bits per heavy atom. The van der Waals surface area contributed by atoms with Gasteiger partial charge < -0.3 is 15.4 Å². The van der Waals surface area contributed by atoms with Crippen molar-refractivity contribution in [2.75, 3.05) is 10.6 Å². The molecule has 0 aliphatic carbocycles. The number of anilines is 2. The van der Waals surface area contributed by atoms with Crippen LogP contribution in [-0.4, -0.2) is 34.1 Å². The third-order valence-electron chi connectivity index (χ3n) is 4.82. The minimum atomic E-state index is -1.13. The van der Waals surface area contributed by atoms with E-state index in [2.05, 4.69) is 15.6 Å². The van der Waals surface area contributed by atoms with Gasteiger partial charge in [-0.2, -0.15) is 10.5 Å². The summed E-state index contributed by atoms with van der Waals surface area (Å²) in [5.41, 5.74) is 1.79. The fourth-order valence-electron chi connectivity index (χ4n) is 2.96. The van der Waals surface area contributed by atoms with E-state index in [9.17, 15) is 14.4 Å². The summed E-state index contributed by atoms with van der Waals surface area (Å²) in [5, 5.41) is 23.0. The van der Waals surface area contributed by atoms with E-state index >= 15 is 0 Å². The molecule has 0 saturated heterocycles. The van der Waals surface area contributed by atoms with Crippen LogP contribution in [0.3, 0.4) is 0 Å². The van der Waals surface area contributed by atoms with E-state index in [1.54, 1.807) is 55.5 Å². The molecular formula is C26H21N5O4S. The quantitative estimate of drug-likeness (QED) is 0.348. The van der Waals surface area contributed by atoms with Crippen LogP contribution in [0.15, 0.2) is 71.9 Å². The van der Waals surface area contributed by atoms with Crippen LogP contribution >= 0.6 is 11.8 Å². The zero-order valence-electron chi connectivity index (χ0n) is 19.4. The van der Waals surface area contributed by atoms with Gasteiger partial charge in [-0.1, -0.05) is 23.9 Å². The van der Waals surface area contributed by atoms with Crippen molar-refractivity contribution in [2.45, 2.75) is 30.2 Å². The molecule has 2 N–H and O–H groups in total. The second-order valence-corrected chi connectivity index (χ2v) is 8.86. The smallest absolute Gasteiger partial charge is 0.341 e. The minimum Gasteiger partial charge on any atom is -0.449 e. The summed E-state index contributed by atoms with van der Waals surface area (Å²) in [6.45, 7) is 3.08. The molecule has 1 heterocycles. The van der Waals surface area contributed by atoms with Gasteiger partial charge in [-0.05, 0) is 62.4 Å². The van der Waals surface area contributed by atoms with E-state index in [1.807, 2.05) is 12.1 Å². The number of nitrogens with one attached hydrogen (secondary N) is 2. The number of carbonyl (C=O) groups excluding carboxylic acids is 3. The first-order valence-electron chi connectivity index (χ1n) is 10.8. The Labute approximate surface area is 212 Å². The van der Waals surface area contributed by atoms with Gasteiger partial charge in [0.05, 0.1) is 34.1 Å². The fraction of sp³-hybridized carbons (Fsp3) is 0.154. The maximum absolute atomic E-state index is 12.8. The second kappa shape index (κ2) is 12.2. The average Bonchev–Trinajstić information content (AvgIpc) is 2.89. The highest BCUT2D eigenvalue weighted by Crippen LogP contribution is 2.26. The minimum absolute atomic E-state index is 0.111. The molecule has 3 aromatic rings. The summed E-state index contributed by atoms with van der Waals surface area (Å²) in [5.74, 6) is -1.68. The molecule has 2 amide bonds. The van der Waals surface area contributed by atoms with Crippen LogP contribution in [0.2, 0.25) is 0 Å². The molecule has 3 rings (SSSR count). The van der Waals surface area contributed by atoms with E-state index in [0.717, 1.165) is 11.8 Å². The SMILES string of the molecule is CC(OC(=O)c1cccnc1SC(C)C(=O)Nc1cccc(C#N)c1)C(=O)Nc1cccc(C#N)c1. The van der Waals surface area contributed by atoms with Crippen molar-refractivity contribution < 1.29 is 19.1 Å². The number of hydrogen-bond acceptors (Lipinski definition) is 8. The largest absolute Gasteiger partial charge is 0.449 e. The highest BCUT2D eigenvalue weighted by molar-refractivity contribution is 8.00. The van der Waals surface area contributed by atoms with Gasteiger partial charge in [0.2, 0.25) is 5.91 Å². The predicted molar refractivity (Wildman–Crippen MR) is 134 cm³/mol. The molecule has 2 atom stereocenters. The predicted octanol–water partition coefficient (Wildman–Crippen LogP) is 4.13. The molecule has 10 heteroatoms. The Morgan fingerprint density at radius 1 is 0.889 bits per heavy atom. The van der Waals surface area contributed by atoms with E-state index in [-0.39, 0.29) is 16.5 Å². The number of benzene rings is 2. The van der Waals surface area contributed by atoms with Gasteiger partial charge in [0.1, 0.15) is 5.03 Å². The number of ether oxygens (including phenoxy) is 1. The Balaban J connectivity index is 1.64. The molecule has 0 aliphatic heterocycles. The number of nitrogens with zero attached hydrogens (tertiary/aromatic N) is 3. The van der Waals surface area contributed by atoms with E-state index in [4.69, 9.17) is 15.3 Å². The van der Waals surface area contributed by atoms with Crippen LogP contribution in [0.4, 0.5) is 11.4 Å². The first-order valence-corrected chi connectivity index (χ1v) is 11.6. The van der Waals surface area contributed by atoms with Crippen molar-refractivity contribution >= 4 is 40.9 Å². The maximum atomic E-state index is 12.8. The normalized spacial score (nSPS) is 11.8. The fourth-order valence-corrected chi connectivity index (χ4v) is 3.86. The van der Waals surface area contributed by atoms with Gasteiger partial charge in [0.25, 0.3) is 5.91 Å². The summed E-state index contributed by atoms with van der Waals surface area (Å²) in [6, 6.07) is 19.9. The number of nitriles is 2. The van der Waals surface area contributed by atoms with Gasteiger partial charge in [0, 0.05) is 17.6 Å². The molecule has 180 valence electrons. The standard InChI is InChI=1S/C26H21N5O4S/c1-16(23(32)30-20-8-3-6-18(12-20)14-27)35-26(34)22-10-5-11-29-25(22)36-17(2)24(33)31-21-9-4-7-19(13-21)15-28/h3-13,16-17H,1-2H3,(H,30,32)(H,31,33). The van der Waals surface area contributed by atoms with E-state index < -0.39 is 23.2 Å². The van der Waals surface area contributed by atoms with Crippen molar-refractivity contribution in [3.05, 3.63) is 83.6 Å². The summed E-state index contributed by atoms with van der Waals surface area (Å²) in [7, 11) is 0. The van der Waals surface area contributed by atoms with Gasteiger partial charge in [-0.15, -0.1) is 0 Å². The van der Waals surface area contributed by atoms with Crippen molar-refractivity contribution in [3.8, 4) is 12.1 Å². The molecule has 0 saturated carbocycles. The topological polar surface area (TPSA) is 145 Å². The van der Waals surface area contributed by atoms with Crippen molar-refractivity contribution in [1.82, 2.24) is 4.98 Å². The zero-order valence-corrected chi connectivity index (χ0v) is 20.2. The third kappa shape index (κ3) is 6.92. The van der Waals surface area contributed by atoms with Gasteiger partial charge in [-0.25, -0.2) is 9.78 Å². The van der Waals surface area contributed by atoms with Gasteiger partial charge in [0.15, 0.2) is 6.10 Å². The van der Waals surface area contributed by atoms with Crippen molar-refractivity contribution in [3.63, 3.8) is 0 Å². The average molecular weight is 500 g/mol. The van der Waals surface area contributed by atoms with E-state index in [0.29, 0.717) is 22.5 Å². The molecule has 2 unspecified atom stereocenters. The van der Waals surface area contributed by atoms with Crippen LogP contribution < -0.4 is 10.6 Å². The van der Waals surface area contributed by atoms with Gasteiger partial charge in [-0.3, -0.25) is 9.59 Å².